The molecular weight excluding hydrogens is 338 g/mol. The van der Waals surface area contributed by atoms with Crippen molar-refractivity contribution in [1.82, 2.24) is 4.37 Å². The van der Waals surface area contributed by atoms with Crippen LogP contribution in [-0.4, -0.2) is 24.9 Å². The summed E-state index contributed by atoms with van der Waals surface area (Å²) in [5.41, 5.74) is 5.28. The molecule has 0 atom stereocenters. The molecule has 0 N–H and O–H groups in total. The molecule has 2 aliphatic rings. The maximum absolute atomic E-state index is 5.71. The highest BCUT2D eigenvalue weighted by atomic mass is 32.1. The van der Waals surface area contributed by atoms with Crippen molar-refractivity contribution in [2.45, 2.75) is 6.42 Å². The summed E-state index contributed by atoms with van der Waals surface area (Å²) in [6, 6.07) is 10.3. The van der Waals surface area contributed by atoms with Crippen molar-refractivity contribution < 1.29 is 18.9 Å². The van der Waals surface area contributed by atoms with E-state index in [0.29, 0.717) is 17.2 Å². The SMILES string of the molecule is COc1cc(-c2nscc2-c2ccc3c(c2)OCC3)cc2c1OCO2. The first-order valence-corrected chi connectivity index (χ1v) is 8.85. The largest absolute Gasteiger partial charge is 0.493 e. The average molecular weight is 353 g/mol. The minimum absolute atomic E-state index is 0.210. The Morgan fingerprint density at radius 2 is 1.96 bits per heavy atom. The Bertz CT molecular complexity index is 966. The minimum atomic E-state index is 0.210. The lowest BCUT2D eigenvalue weighted by Crippen LogP contribution is -1.93. The zero-order valence-electron chi connectivity index (χ0n) is 13.6. The molecule has 0 fully saturated rings. The normalized spacial score (nSPS) is 14.3. The number of methoxy groups -OCH3 is 1. The van der Waals surface area contributed by atoms with Crippen LogP contribution in [0.4, 0.5) is 0 Å². The zero-order chi connectivity index (χ0) is 16.8. The number of aromatic nitrogens is 1. The highest BCUT2D eigenvalue weighted by Gasteiger charge is 2.23. The molecule has 2 aliphatic heterocycles. The third-order valence-corrected chi connectivity index (χ3v) is 5.14. The van der Waals surface area contributed by atoms with Gasteiger partial charge >= 0.3 is 0 Å². The summed E-state index contributed by atoms with van der Waals surface area (Å²) < 4.78 is 26.8. The first-order chi connectivity index (χ1) is 12.3. The van der Waals surface area contributed by atoms with Crippen molar-refractivity contribution in [3.05, 3.63) is 41.3 Å². The molecule has 126 valence electrons. The summed E-state index contributed by atoms with van der Waals surface area (Å²) in [7, 11) is 1.63. The number of hydrogen-bond acceptors (Lipinski definition) is 6. The monoisotopic (exact) mass is 353 g/mol. The van der Waals surface area contributed by atoms with Crippen LogP contribution in [0.15, 0.2) is 35.7 Å². The van der Waals surface area contributed by atoms with Crippen LogP contribution < -0.4 is 18.9 Å². The molecule has 0 spiro atoms. The van der Waals surface area contributed by atoms with Gasteiger partial charge in [-0.3, -0.25) is 0 Å². The summed E-state index contributed by atoms with van der Waals surface area (Å²) in [6.07, 6.45) is 0.976. The van der Waals surface area contributed by atoms with E-state index < -0.39 is 0 Å². The second kappa shape index (κ2) is 5.67. The topological polar surface area (TPSA) is 49.8 Å². The van der Waals surface area contributed by atoms with Crippen molar-refractivity contribution in [3.8, 4) is 45.4 Å². The van der Waals surface area contributed by atoms with Crippen molar-refractivity contribution in [2.24, 2.45) is 0 Å². The summed E-state index contributed by atoms with van der Waals surface area (Å²) in [5.74, 6) is 2.96. The van der Waals surface area contributed by atoms with Gasteiger partial charge in [-0.25, -0.2) is 0 Å². The van der Waals surface area contributed by atoms with Crippen LogP contribution in [0.5, 0.6) is 23.0 Å². The van der Waals surface area contributed by atoms with E-state index in [9.17, 15) is 0 Å². The van der Waals surface area contributed by atoms with Crippen molar-refractivity contribution in [2.75, 3.05) is 20.5 Å². The number of ether oxygens (including phenoxy) is 4. The Hall–Kier alpha value is -2.73. The number of rotatable bonds is 3. The fourth-order valence-corrected chi connectivity index (χ4v) is 3.96. The van der Waals surface area contributed by atoms with Crippen LogP contribution in [-0.2, 0) is 6.42 Å². The molecule has 3 heterocycles. The lowest BCUT2D eigenvalue weighted by Gasteiger charge is -2.09. The maximum atomic E-state index is 5.71. The number of nitrogens with zero attached hydrogens (tertiary/aromatic N) is 1. The highest BCUT2D eigenvalue weighted by molar-refractivity contribution is 7.04. The van der Waals surface area contributed by atoms with Gasteiger partial charge in [0.05, 0.1) is 19.4 Å². The van der Waals surface area contributed by atoms with E-state index in [-0.39, 0.29) is 6.79 Å². The van der Waals surface area contributed by atoms with Gasteiger partial charge in [0.15, 0.2) is 11.5 Å². The zero-order valence-corrected chi connectivity index (χ0v) is 14.4. The van der Waals surface area contributed by atoms with Gasteiger partial charge in [0.1, 0.15) is 5.75 Å². The Morgan fingerprint density at radius 3 is 2.88 bits per heavy atom. The summed E-state index contributed by atoms with van der Waals surface area (Å²) in [6.45, 7) is 0.966. The van der Waals surface area contributed by atoms with Crippen molar-refractivity contribution in [1.29, 1.82) is 0 Å². The second-order valence-corrected chi connectivity index (χ2v) is 6.54. The lowest BCUT2D eigenvalue weighted by molar-refractivity contribution is 0.171. The molecule has 0 saturated heterocycles. The van der Waals surface area contributed by atoms with E-state index >= 15 is 0 Å². The van der Waals surface area contributed by atoms with Gasteiger partial charge in [0.2, 0.25) is 12.5 Å². The van der Waals surface area contributed by atoms with Gasteiger partial charge in [0, 0.05) is 22.9 Å². The molecule has 0 unspecified atom stereocenters. The fraction of sp³-hybridized carbons (Fsp3) is 0.211. The maximum Gasteiger partial charge on any atom is 0.231 e. The van der Waals surface area contributed by atoms with Gasteiger partial charge in [-0.05, 0) is 40.9 Å². The van der Waals surface area contributed by atoms with E-state index in [1.54, 1.807) is 7.11 Å². The van der Waals surface area contributed by atoms with Crippen molar-refractivity contribution >= 4 is 11.5 Å². The predicted octanol–water partition coefficient (Wildman–Crippen LogP) is 4.15. The third kappa shape index (κ3) is 2.33. The molecule has 3 aromatic rings. The minimum Gasteiger partial charge on any atom is -0.493 e. The molecular formula is C19H15NO4S. The molecule has 1 aromatic heterocycles. The number of hydrogen-bond donors (Lipinski definition) is 0. The molecule has 0 amide bonds. The number of fused-ring (bicyclic) bond motifs is 2. The Labute approximate surface area is 148 Å². The molecule has 25 heavy (non-hydrogen) atoms. The van der Waals surface area contributed by atoms with Gasteiger partial charge in [-0.15, -0.1) is 0 Å². The highest BCUT2D eigenvalue weighted by Crippen LogP contribution is 2.46. The molecule has 2 aromatic carbocycles. The molecule has 0 aliphatic carbocycles. The Balaban J connectivity index is 1.62. The van der Waals surface area contributed by atoms with Gasteiger partial charge in [-0.1, -0.05) is 12.1 Å². The van der Waals surface area contributed by atoms with Crippen LogP contribution in [0.3, 0.4) is 0 Å². The first-order valence-electron chi connectivity index (χ1n) is 8.02. The quantitative estimate of drug-likeness (QED) is 0.708. The Kier molecular flexibility index (Phi) is 3.31. The summed E-state index contributed by atoms with van der Waals surface area (Å²) in [4.78, 5) is 0. The van der Waals surface area contributed by atoms with E-state index in [1.165, 1.54) is 17.1 Å². The average Bonchev–Trinajstić information content (AvgIpc) is 3.38. The van der Waals surface area contributed by atoms with E-state index in [2.05, 4.69) is 28.0 Å². The van der Waals surface area contributed by atoms with Crippen LogP contribution in [0.1, 0.15) is 5.56 Å². The first kappa shape index (κ1) is 14.6. The van der Waals surface area contributed by atoms with E-state index in [4.69, 9.17) is 18.9 Å². The van der Waals surface area contributed by atoms with Gasteiger partial charge in [0.25, 0.3) is 0 Å². The van der Waals surface area contributed by atoms with Crippen LogP contribution in [0, 0.1) is 0 Å². The molecule has 0 radical (unpaired) electrons. The van der Waals surface area contributed by atoms with E-state index in [1.807, 2.05) is 12.1 Å². The lowest BCUT2D eigenvalue weighted by atomic mass is 9.99. The molecule has 0 bridgehead atoms. The van der Waals surface area contributed by atoms with Crippen LogP contribution in [0.2, 0.25) is 0 Å². The smallest absolute Gasteiger partial charge is 0.231 e. The third-order valence-electron chi connectivity index (χ3n) is 4.51. The van der Waals surface area contributed by atoms with E-state index in [0.717, 1.165) is 41.2 Å². The predicted molar refractivity (Wildman–Crippen MR) is 94.9 cm³/mol. The molecule has 0 saturated carbocycles. The summed E-state index contributed by atoms with van der Waals surface area (Å²) >= 11 is 1.43. The summed E-state index contributed by atoms with van der Waals surface area (Å²) in [5, 5.41) is 2.06. The van der Waals surface area contributed by atoms with Gasteiger partial charge in [-0.2, -0.15) is 4.37 Å². The van der Waals surface area contributed by atoms with Gasteiger partial charge < -0.3 is 18.9 Å². The fourth-order valence-electron chi connectivity index (χ4n) is 3.25. The number of benzene rings is 2. The second-order valence-electron chi connectivity index (χ2n) is 5.91. The molecule has 5 nitrogen and oxygen atoms in total. The van der Waals surface area contributed by atoms with Crippen LogP contribution in [0.25, 0.3) is 22.4 Å². The molecule has 5 rings (SSSR count). The van der Waals surface area contributed by atoms with Crippen molar-refractivity contribution in [3.63, 3.8) is 0 Å². The molecule has 6 heteroatoms. The standard InChI is InChI=1S/C19H15NO4S/c1-21-16-7-13(8-17-19(16)24-10-23-17)18-14(9-25-20-18)12-3-2-11-4-5-22-15(11)6-12/h2-3,6-9H,4-5,10H2,1H3. The Morgan fingerprint density at radius 1 is 1.04 bits per heavy atom. The van der Waals surface area contributed by atoms with Crippen LogP contribution >= 0.6 is 11.5 Å².